The molecule has 0 radical (unpaired) electrons. The molecule has 0 aliphatic heterocycles. The third-order valence-electron chi connectivity index (χ3n) is 13.1. The first-order chi connectivity index (χ1) is 48.1. The fourth-order valence-electron chi connectivity index (χ4n) is 8.35. The molecule has 9 aromatic rings. The molecule has 0 bridgehead atoms. The van der Waals surface area contributed by atoms with Gasteiger partial charge in [0, 0.05) is 31.9 Å². The molecule has 26 heteroatoms. The number of esters is 2. The average Bonchev–Trinajstić information content (AvgIpc) is 1.65. The van der Waals surface area contributed by atoms with Gasteiger partial charge in [0.2, 0.25) is 16.4 Å². The molecular formula is C76H77Cl10N3O11S2. The number of carboxylic acid groups (broad SMARTS) is 2. The summed E-state index contributed by atoms with van der Waals surface area (Å²) in [6.45, 7) is 10.9. The molecule has 544 valence electrons. The zero-order valence-electron chi connectivity index (χ0n) is 56.2. The van der Waals surface area contributed by atoms with Crippen molar-refractivity contribution in [1.82, 2.24) is 0 Å². The number of nitrogens with one attached hydrogen (secondary N) is 1. The van der Waals surface area contributed by atoms with Gasteiger partial charge in [-0.15, -0.1) is 92.3 Å². The smallest absolute Gasteiger partial charge is 0.342 e. The zero-order chi connectivity index (χ0) is 76.1. The molecule has 0 fully saturated rings. The van der Waals surface area contributed by atoms with E-state index in [-0.39, 0.29) is 11.2 Å². The average molecular weight is 1630 g/mol. The lowest BCUT2D eigenvalue weighted by atomic mass is 10.0. The second-order valence-electron chi connectivity index (χ2n) is 23.6. The number of carbonyl (C=O) groups is 7. The zero-order valence-corrected chi connectivity index (χ0v) is 65.3. The van der Waals surface area contributed by atoms with Crippen molar-refractivity contribution in [3.63, 3.8) is 0 Å². The molecule has 9 rings (SSSR count). The van der Waals surface area contributed by atoms with Crippen molar-refractivity contribution in [2.24, 2.45) is 5.73 Å². The largest absolute Gasteiger partial charge is 0.480 e. The Balaban J connectivity index is 0.000000331. The molecule has 7 N–H and O–H groups in total. The number of ether oxygens (including phenoxy) is 2. The van der Waals surface area contributed by atoms with Crippen LogP contribution in [0.2, 0.25) is 10.0 Å². The van der Waals surface area contributed by atoms with Crippen LogP contribution in [-0.2, 0) is 65.6 Å². The van der Waals surface area contributed by atoms with Crippen LogP contribution in [0, 0.1) is 0 Å². The summed E-state index contributed by atoms with van der Waals surface area (Å²) in [6.07, 6.45) is 2.12. The van der Waals surface area contributed by atoms with E-state index in [2.05, 4.69) is 5.32 Å². The maximum atomic E-state index is 13.0. The Morgan fingerprint density at radius 2 is 0.735 bits per heavy atom. The van der Waals surface area contributed by atoms with Crippen LogP contribution in [-0.4, -0.2) is 94.6 Å². The third-order valence-corrected chi connectivity index (χ3v) is 17.4. The third kappa shape index (κ3) is 35.7. The van der Waals surface area contributed by atoms with Gasteiger partial charge in [-0.05, 0) is 160 Å². The Hall–Kier alpha value is -6.71. The van der Waals surface area contributed by atoms with Crippen molar-refractivity contribution in [3.05, 3.63) is 260 Å². The van der Waals surface area contributed by atoms with Gasteiger partial charge in [-0.3, -0.25) is 24.0 Å². The standard InChI is InChI=1S/C24H23Cl2NO3S.C15H16ClNO2S.2C9H8Cl2O.C9H9ClO2.C9H11NO2.CH2Cl2/c1-24(2,3)30-23(29)20-18(16-9-11-17(25)12-10-16)14-31-22(20)27-21(28)19(26)13-15-7-5-4-6-8-15;1-15(2,3)19-14(18)12-11(8-20-13(12)17)9-4-6-10(16)7-5-9;4*10-8(9(11)12)6-7-4-2-1-3-5-7;2-1-3/h4-12,14,19H,13H2,1-3H3,(H,27,28);4-8H,17H2,1-3H3;2*1-5,8H,6H2;1-5,8H,6H2,(H,11,12);1-5,8H,6,10H2,(H,11,12);1H2. The van der Waals surface area contributed by atoms with Gasteiger partial charge in [0.25, 0.3) is 0 Å². The molecule has 5 unspecified atom stereocenters. The highest BCUT2D eigenvalue weighted by Crippen LogP contribution is 2.39. The van der Waals surface area contributed by atoms with Crippen LogP contribution < -0.4 is 16.8 Å². The van der Waals surface area contributed by atoms with Gasteiger partial charge in [0.15, 0.2) is 0 Å². The summed E-state index contributed by atoms with van der Waals surface area (Å²) in [5, 5.41) is 22.0. The van der Waals surface area contributed by atoms with Crippen molar-refractivity contribution in [2.75, 3.05) is 16.4 Å². The van der Waals surface area contributed by atoms with Gasteiger partial charge in [-0.1, -0.05) is 199 Å². The van der Waals surface area contributed by atoms with Crippen LogP contribution in [0.1, 0.15) is 90.1 Å². The molecule has 2 aromatic heterocycles. The first-order valence-corrected chi connectivity index (χ1v) is 37.0. The number of alkyl halides is 6. The van der Waals surface area contributed by atoms with Crippen molar-refractivity contribution in [3.8, 4) is 22.3 Å². The SMILES string of the molecule is CC(C)(C)OC(=O)c1c(-c2ccc(Cl)cc2)csc1N.CC(C)(C)OC(=O)c1c(-c2ccc(Cl)cc2)csc1NC(=O)C(Cl)Cc1ccccc1.ClCCl.NC(Cc1ccccc1)C(=O)O.O=C(Cl)C(Cl)Cc1ccccc1.O=C(Cl)C(Cl)Cc1ccccc1.O=C(O)C(Cl)Cc1ccccc1. The van der Waals surface area contributed by atoms with Crippen LogP contribution in [0.25, 0.3) is 22.3 Å². The van der Waals surface area contributed by atoms with E-state index >= 15 is 0 Å². The van der Waals surface area contributed by atoms with E-state index in [0.717, 1.165) is 44.5 Å². The molecular weight excluding hydrogens is 1550 g/mol. The predicted octanol–water partition coefficient (Wildman–Crippen LogP) is 20.6. The summed E-state index contributed by atoms with van der Waals surface area (Å²) in [5.41, 5.74) is 18.8. The second-order valence-corrected chi connectivity index (χ2v) is 29.9. The molecule has 0 saturated heterocycles. The van der Waals surface area contributed by atoms with Crippen LogP contribution in [0.4, 0.5) is 10.0 Å². The number of amides is 1. The van der Waals surface area contributed by atoms with Gasteiger partial charge in [-0.2, -0.15) is 0 Å². The Bertz CT molecular complexity index is 3770. The minimum absolute atomic E-state index is 0.194. The summed E-state index contributed by atoms with van der Waals surface area (Å²) < 4.78 is 11.0. The Labute approximate surface area is 653 Å². The summed E-state index contributed by atoms with van der Waals surface area (Å²) in [7, 11) is 0. The number of carbonyl (C=O) groups excluding carboxylic acids is 5. The van der Waals surface area contributed by atoms with Gasteiger partial charge in [-0.25, -0.2) is 9.59 Å². The maximum absolute atomic E-state index is 13.0. The molecule has 102 heavy (non-hydrogen) atoms. The number of hydrogen-bond acceptors (Lipinski definition) is 13. The highest BCUT2D eigenvalue weighted by Gasteiger charge is 2.29. The van der Waals surface area contributed by atoms with E-state index < -0.39 is 73.1 Å². The molecule has 0 saturated carbocycles. The molecule has 5 atom stereocenters. The summed E-state index contributed by atoms with van der Waals surface area (Å²) in [6, 6.07) is 60.9. The van der Waals surface area contributed by atoms with Gasteiger partial charge < -0.3 is 36.5 Å². The van der Waals surface area contributed by atoms with E-state index in [4.69, 9.17) is 147 Å². The number of thiophene rings is 2. The summed E-state index contributed by atoms with van der Waals surface area (Å²) in [5.74, 6) is -3.22. The topological polar surface area (TPSA) is 242 Å². The maximum Gasteiger partial charge on any atom is 0.342 e. The predicted molar refractivity (Wildman–Crippen MR) is 424 cm³/mol. The number of rotatable bonds is 20. The van der Waals surface area contributed by atoms with Crippen molar-refractivity contribution >= 4 is 189 Å². The van der Waals surface area contributed by atoms with Crippen molar-refractivity contribution in [2.45, 2.75) is 112 Å². The monoisotopic (exact) mass is 1620 g/mol. The Morgan fingerprint density at radius 3 is 1.05 bits per heavy atom. The van der Waals surface area contributed by atoms with Gasteiger partial charge in [0.1, 0.15) is 59.9 Å². The quantitative estimate of drug-likeness (QED) is 0.0271. The van der Waals surface area contributed by atoms with Gasteiger partial charge in [0.05, 0.1) is 5.34 Å². The lowest BCUT2D eigenvalue weighted by molar-refractivity contribution is -0.138. The minimum Gasteiger partial charge on any atom is -0.480 e. The summed E-state index contributed by atoms with van der Waals surface area (Å²) >= 11 is 57.7. The van der Waals surface area contributed by atoms with Crippen LogP contribution in [0.5, 0.6) is 0 Å². The number of nitrogen functional groups attached to an aromatic ring is 1. The fourth-order valence-corrected chi connectivity index (χ4v) is 11.3. The molecule has 0 aliphatic rings. The molecule has 0 spiro atoms. The molecule has 2 heterocycles. The van der Waals surface area contributed by atoms with E-state index in [0.29, 0.717) is 68.8 Å². The number of halogens is 10. The minimum atomic E-state index is -0.972. The molecule has 1 amide bonds. The molecule has 0 aliphatic carbocycles. The number of hydrogen-bond donors (Lipinski definition) is 5. The lowest BCUT2D eigenvalue weighted by Gasteiger charge is -2.20. The first-order valence-electron chi connectivity index (χ1n) is 30.9. The van der Waals surface area contributed by atoms with E-state index in [1.54, 1.807) is 45.0 Å². The normalized spacial score (nSPS) is 12.0. The van der Waals surface area contributed by atoms with Crippen LogP contribution >= 0.6 is 139 Å². The van der Waals surface area contributed by atoms with E-state index in [9.17, 15) is 33.6 Å². The first kappa shape index (κ1) is 89.5. The number of carboxylic acids is 2. The number of nitrogens with two attached hydrogens (primary N) is 2. The second kappa shape index (κ2) is 46.9. The molecule has 7 aromatic carbocycles. The van der Waals surface area contributed by atoms with E-state index in [1.807, 2.05) is 207 Å². The highest BCUT2D eigenvalue weighted by molar-refractivity contribution is 7.15. The van der Waals surface area contributed by atoms with Gasteiger partial charge >= 0.3 is 23.9 Å². The van der Waals surface area contributed by atoms with Crippen LogP contribution in [0.3, 0.4) is 0 Å². The summed E-state index contributed by atoms with van der Waals surface area (Å²) in [4.78, 5) is 80.0. The Kier molecular flexibility index (Phi) is 41.1. The lowest BCUT2D eigenvalue weighted by Crippen LogP contribution is -2.32. The molecule has 14 nitrogen and oxygen atoms in total. The number of aliphatic carboxylic acids is 2. The van der Waals surface area contributed by atoms with Crippen LogP contribution in [0.15, 0.2) is 211 Å². The number of anilines is 2. The van der Waals surface area contributed by atoms with Crippen molar-refractivity contribution in [1.29, 1.82) is 0 Å². The van der Waals surface area contributed by atoms with Crippen molar-refractivity contribution < 1.29 is 53.2 Å². The number of benzene rings is 7. The Morgan fingerprint density at radius 1 is 0.441 bits per heavy atom. The fraction of sp³-hybridized carbons (Fsp3) is 0.250. The highest BCUT2D eigenvalue weighted by atomic mass is 35.5. The van der Waals surface area contributed by atoms with E-state index in [1.165, 1.54) is 22.7 Å².